The van der Waals surface area contributed by atoms with Crippen LogP contribution in [0.3, 0.4) is 0 Å². The van der Waals surface area contributed by atoms with Crippen molar-refractivity contribution in [2.75, 3.05) is 39.3 Å². The summed E-state index contributed by atoms with van der Waals surface area (Å²) in [4.78, 5) is 40.2. The van der Waals surface area contributed by atoms with Gasteiger partial charge in [0.15, 0.2) is 5.01 Å². The van der Waals surface area contributed by atoms with Gasteiger partial charge in [0.1, 0.15) is 6.33 Å². The van der Waals surface area contributed by atoms with E-state index in [9.17, 15) is 9.59 Å². The summed E-state index contributed by atoms with van der Waals surface area (Å²) in [6.45, 7) is 4.52. The molecule has 34 heavy (non-hydrogen) atoms. The maximum Gasteiger partial charge on any atom is 0.282 e. The molecule has 0 bridgehead atoms. The number of hydrogen-bond donors (Lipinski definition) is 0. The predicted molar refractivity (Wildman–Crippen MR) is 130 cm³/mol. The summed E-state index contributed by atoms with van der Waals surface area (Å²) in [5, 5.41) is 2.39. The second-order valence-electron chi connectivity index (χ2n) is 8.68. The molecule has 2 aliphatic rings. The molecular weight excluding hydrogens is 448 g/mol. The summed E-state index contributed by atoms with van der Waals surface area (Å²) in [5.41, 5.74) is 3.67. The first-order valence-electron chi connectivity index (χ1n) is 11.4. The van der Waals surface area contributed by atoms with Crippen LogP contribution in [0.25, 0.3) is 16.7 Å². The van der Waals surface area contributed by atoms with E-state index in [0.717, 1.165) is 42.9 Å². The van der Waals surface area contributed by atoms with E-state index in [1.165, 1.54) is 11.3 Å². The molecule has 2 fully saturated rings. The lowest BCUT2D eigenvalue weighted by Crippen LogP contribution is -2.64. The number of benzene rings is 2. The largest absolute Gasteiger partial charge is 0.335 e. The minimum atomic E-state index is 0.0206. The van der Waals surface area contributed by atoms with Crippen LogP contribution in [0.1, 0.15) is 20.2 Å². The molecule has 4 heterocycles. The van der Waals surface area contributed by atoms with Crippen LogP contribution in [-0.4, -0.2) is 86.4 Å². The van der Waals surface area contributed by atoms with E-state index < -0.39 is 0 Å². The van der Waals surface area contributed by atoms with Gasteiger partial charge < -0.3 is 9.80 Å². The van der Waals surface area contributed by atoms with Crippen molar-refractivity contribution >= 4 is 34.2 Å². The maximum atomic E-state index is 13.0. The quantitative estimate of drug-likeness (QED) is 0.457. The fourth-order valence-electron chi connectivity index (χ4n) is 4.72. The first kappa shape index (κ1) is 21.0. The monoisotopic (exact) mass is 472 g/mol. The highest BCUT2D eigenvalue weighted by atomic mass is 32.1. The van der Waals surface area contributed by atoms with Crippen molar-refractivity contribution in [3.63, 3.8) is 0 Å². The molecule has 2 aromatic heterocycles. The van der Waals surface area contributed by atoms with E-state index in [-0.39, 0.29) is 11.8 Å². The number of imidazole rings is 1. The molecule has 2 amide bonds. The Labute approximate surface area is 201 Å². The average Bonchev–Trinajstić information content (AvgIpc) is 3.54. The lowest BCUT2D eigenvalue weighted by Gasteiger charge is -2.48. The molecule has 0 N–H and O–H groups in total. The van der Waals surface area contributed by atoms with Crippen molar-refractivity contribution in [3.05, 3.63) is 77.0 Å². The van der Waals surface area contributed by atoms with Gasteiger partial charge in [0.25, 0.3) is 11.8 Å². The molecule has 6 rings (SSSR count). The SMILES string of the molecule is O=C(c1ccc(-n2cnc3ccccc32)cc1)N1CC(N2CCN(C(=O)c3nccs3)CC2)C1. The Balaban J connectivity index is 1.03. The first-order chi connectivity index (χ1) is 16.7. The van der Waals surface area contributed by atoms with E-state index in [0.29, 0.717) is 29.7 Å². The van der Waals surface area contributed by atoms with Crippen molar-refractivity contribution in [3.8, 4) is 5.69 Å². The summed E-state index contributed by atoms with van der Waals surface area (Å²) >= 11 is 1.38. The molecule has 9 heteroatoms. The Hall–Kier alpha value is -3.56. The van der Waals surface area contributed by atoms with Gasteiger partial charge in [0.2, 0.25) is 0 Å². The summed E-state index contributed by atoms with van der Waals surface area (Å²) in [7, 11) is 0. The fraction of sp³-hybridized carbons (Fsp3) is 0.280. The second-order valence-corrected chi connectivity index (χ2v) is 9.57. The number of aromatic nitrogens is 3. The number of para-hydroxylation sites is 2. The van der Waals surface area contributed by atoms with Gasteiger partial charge in [-0.1, -0.05) is 12.1 Å². The summed E-state index contributed by atoms with van der Waals surface area (Å²) in [6, 6.07) is 16.1. The van der Waals surface area contributed by atoms with Gasteiger partial charge in [-0.15, -0.1) is 11.3 Å². The Kier molecular flexibility index (Phi) is 5.35. The maximum absolute atomic E-state index is 13.0. The molecule has 0 saturated carbocycles. The van der Waals surface area contributed by atoms with Crippen LogP contribution >= 0.6 is 11.3 Å². The third-order valence-corrected chi connectivity index (χ3v) is 7.49. The Morgan fingerprint density at radius 2 is 1.62 bits per heavy atom. The Morgan fingerprint density at radius 1 is 0.853 bits per heavy atom. The van der Waals surface area contributed by atoms with Gasteiger partial charge in [-0.2, -0.15) is 0 Å². The highest BCUT2D eigenvalue weighted by Gasteiger charge is 2.37. The first-order valence-corrected chi connectivity index (χ1v) is 12.3. The molecule has 0 radical (unpaired) electrons. The third-order valence-electron chi connectivity index (χ3n) is 6.73. The molecule has 2 saturated heterocycles. The Bertz CT molecular complexity index is 1320. The molecule has 2 aliphatic heterocycles. The molecule has 4 aromatic rings. The standard InChI is InChI=1S/C25H24N6O2S/c32-24(18-5-7-19(8-6-18)31-17-27-21-3-1-2-4-22(21)31)30-15-20(16-30)28-10-12-29(13-11-28)25(33)23-26-9-14-34-23/h1-9,14,17,20H,10-13,15-16H2. The highest BCUT2D eigenvalue weighted by molar-refractivity contribution is 7.11. The number of amides is 2. The van der Waals surface area contributed by atoms with Crippen molar-refractivity contribution in [2.45, 2.75) is 6.04 Å². The van der Waals surface area contributed by atoms with Gasteiger partial charge in [-0.05, 0) is 36.4 Å². The van der Waals surface area contributed by atoms with Gasteiger partial charge in [-0.3, -0.25) is 19.1 Å². The highest BCUT2D eigenvalue weighted by Crippen LogP contribution is 2.22. The minimum absolute atomic E-state index is 0.0206. The number of hydrogen-bond acceptors (Lipinski definition) is 6. The predicted octanol–water partition coefficient (Wildman–Crippen LogP) is 2.76. The third kappa shape index (κ3) is 3.76. The van der Waals surface area contributed by atoms with E-state index in [1.807, 2.05) is 74.6 Å². The topological polar surface area (TPSA) is 74.6 Å². The number of nitrogens with zero attached hydrogens (tertiary/aromatic N) is 6. The number of carbonyl (C=O) groups excluding carboxylic acids is 2. The molecule has 0 spiro atoms. The van der Waals surface area contributed by atoms with Crippen LogP contribution in [0.2, 0.25) is 0 Å². The summed E-state index contributed by atoms with van der Waals surface area (Å²) in [5.74, 6) is 0.0862. The molecule has 0 unspecified atom stereocenters. The van der Waals surface area contributed by atoms with Crippen molar-refractivity contribution in [2.24, 2.45) is 0 Å². The summed E-state index contributed by atoms with van der Waals surface area (Å²) < 4.78 is 2.03. The molecule has 0 aliphatic carbocycles. The van der Waals surface area contributed by atoms with Crippen molar-refractivity contribution in [1.82, 2.24) is 29.2 Å². The molecular formula is C25H24N6O2S. The zero-order chi connectivity index (χ0) is 23.1. The average molecular weight is 473 g/mol. The van der Waals surface area contributed by atoms with Crippen LogP contribution in [0.4, 0.5) is 0 Å². The lowest BCUT2D eigenvalue weighted by molar-refractivity contribution is 0.00853. The van der Waals surface area contributed by atoms with Gasteiger partial charge in [0, 0.05) is 68.1 Å². The number of thiazole rings is 1. The van der Waals surface area contributed by atoms with Crippen molar-refractivity contribution < 1.29 is 9.59 Å². The molecule has 172 valence electrons. The van der Waals surface area contributed by atoms with Crippen LogP contribution in [0.15, 0.2) is 66.4 Å². The van der Waals surface area contributed by atoms with Crippen LogP contribution < -0.4 is 0 Å². The smallest absolute Gasteiger partial charge is 0.282 e. The van der Waals surface area contributed by atoms with Crippen LogP contribution in [0, 0.1) is 0 Å². The van der Waals surface area contributed by atoms with E-state index in [4.69, 9.17) is 0 Å². The van der Waals surface area contributed by atoms with E-state index in [1.54, 1.807) is 6.20 Å². The minimum Gasteiger partial charge on any atom is -0.335 e. The van der Waals surface area contributed by atoms with Gasteiger partial charge in [-0.25, -0.2) is 9.97 Å². The van der Waals surface area contributed by atoms with Crippen LogP contribution in [0.5, 0.6) is 0 Å². The van der Waals surface area contributed by atoms with Crippen molar-refractivity contribution in [1.29, 1.82) is 0 Å². The second kappa shape index (κ2) is 8.66. The number of piperazine rings is 1. The summed E-state index contributed by atoms with van der Waals surface area (Å²) in [6.07, 6.45) is 3.48. The van der Waals surface area contributed by atoms with E-state index in [2.05, 4.69) is 14.9 Å². The molecule has 2 aromatic carbocycles. The van der Waals surface area contributed by atoms with E-state index >= 15 is 0 Å². The zero-order valence-electron chi connectivity index (χ0n) is 18.6. The number of carbonyl (C=O) groups is 2. The molecule has 8 nitrogen and oxygen atoms in total. The fourth-order valence-corrected chi connectivity index (χ4v) is 5.32. The zero-order valence-corrected chi connectivity index (χ0v) is 19.4. The van der Waals surface area contributed by atoms with Crippen LogP contribution in [-0.2, 0) is 0 Å². The van der Waals surface area contributed by atoms with Gasteiger partial charge >= 0.3 is 0 Å². The lowest BCUT2D eigenvalue weighted by atomic mass is 10.0. The van der Waals surface area contributed by atoms with Gasteiger partial charge in [0.05, 0.1) is 11.0 Å². The number of rotatable bonds is 4. The Morgan fingerprint density at radius 3 is 2.35 bits per heavy atom. The number of likely N-dealkylation sites (tertiary alicyclic amines) is 1. The normalized spacial score (nSPS) is 17.2. The number of fused-ring (bicyclic) bond motifs is 1. The molecule has 0 atom stereocenters.